The Kier molecular flexibility index (Phi) is 7.83. The van der Waals surface area contributed by atoms with Gasteiger partial charge in [-0.25, -0.2) is 0 Å². The molecule has 0 amide bonds. The molecule has 23 heavy (non-hydrogen) atoms. The van der Waals surface area contributed by atoms with E-state index in [-0.39, 0.29) is 6.61 Å². The van der Waals surface area contributed by atoms with Crippen LogP contribution in [0.2, 0.25) is 0 Å². The summed E-state index contributed by atoms with van der Waals surface area (Å²) in [5, 5.41) is 7.57. The van der Waals surface area contributed by atoms with E-state index in [1.165, 1.54) is 0 Å². The molecule has 0 aliphatic heterocycles. The second-order valence-corrected chi connectivity index (χ2v) is 5.26. The zero-order valence-electron chi connectivity index (χ0n) is 11.1. The third kappa shape index (κ3) is 4.37. The number of hydrogen-bond acceptors (Lipinski definition) is 1. The molecule has 0 rings (SSSR count). The summed E-state index contributed by atoms with van der Waals surface area (Å²) in [4.78, 5) is 0. The zero-order chi connectivity index (χ0) is 19.7. The molecule has 0 bridgehead atoms. The monoisotopic (exact) mass is 388 g/mol. The summed E-state index contributed by atoms with van der Waals surface area (Å²) in [6.07, 6.45) is -7.35. The van der Waals surface area contributed by atoms with Crippen molar-refractivity contribution in [1.29, 1.82) is 0 Å². The van der Waals surface area contributed by atoms with Crippen molar-refractivity contribution in [1.82, 2.24) is 0 Å². The second kappa shape index (κ2) is 7.12. The van der Waals surface area contributed by atoms with E-state index in [9.17, 15) is 57.1 Å². The molecule has 0 saturated carbocycles. The number of alkyl halides is 13. The van der Waals surface area contributed by atoms with E-state index in [1.54, 1.807) is 6.92 Å². The van der Waals surface area contributed by atoms with Crippen molar-refractivity contribution in [2.45, 2.75) is 40.0 Å². The molecule has 0 aromatic carbocycles. The maximum absolute atomic E-state index is 12.6. The van der Waals surface area contributed by atoms with Gasteiger partial charge in [0, 0.05) is 6.61 Å². The van der Waals surface area contributed by atoms with Crippen molar-refractivity contribution in [2.24, 2.45) is 0 Å². The molecule has 0 unspecified atom stereocenters. The molecule has 0 aromatic heterocycles. The first kappa shape index (κ1) is 25.3. The molecule has 136 valence electrons. The van der Waals surface area contributed by atoms with Crippen LogP contribution in [0.1, 0.15) is 6.92 Å². The van der Waals surface area contributed by atoms with E-state index in [1.807, 2.05) is 0 Å². The average Bonchev–Trinajstić information content (AvgIpc) is 2.26. The van der Waals surface area contributed by atoms with Gasteiger partial charge in [-0.1, -0.05) is 0 Å². The van der Waals surface area contributed by atoms with Gasteiger partial charge in [0.05, 0.1) is 0 Å². The van der Waals surface area contributed by atoms with E-state index < -0.39 is 61.0 Å². The van der Waals surface area contributed by atoms with Gasteiger partial charge in [0.25, 0.3) is 0 Å². The molecule has 0 spiro atoms. The Morgan fingerprint density at radius 2 is 0.826 bits per heavy atom. The predicted molar refractivity (Wildman–Crippen MR) is 49.3 cm³/mol. The minimum atomic E-state index is -7.78. The quantitative estimate of drug-likeness (QED) is 0.573. The molecule has 0 aliphatic rings. The first-order chi connectivity index (χ1) is 9.66. The van der Waals surface area contributed by atoms with Gasteiger partial charge in [-0.15, -0.1) is 0 Å². The van der Waals surface area contributed by atoms with Crippen molar-refractivity contribution in [3.63, 3.8) is 0 Å². The van der Waals surface area contributed by atoms with Crippen molar-refractivity contribution in [3.05, 3.63) is 0 Å². The predicted octanol–water partition coefficient (Wildman–Crippen LogP) is 3.85. The molecule has 0 saturated heterocycles. The number of hydrogen-bond donors (Lipinski definition) is 1. The van der Waals surface area contributed by atoms with Crippen LogP contribution < -0.4 is 0 Å². The van der Waals surface area contributed by atoms with E-state index in [4.69, 9.17) is 5.11 Å². The third-order valence-corrected chi connectivity index (χ3v) is 2.72. The fourth-order valence-corrected chi connectivity index (χ4v) is 1.16. The molecular weight excluding hydrogens is 382 g/mol. The van der Waals surface area contributed by atoms with Gasteiger partial charge >= 0.3 is 118 Å². The van der Waals surface area contributed by atoms with Crippen LogP contribution in [0.15, 0.2) is 0 Å². The molecular formula is C8H6F13NaO. The van der Waals surface area contributed by atoms with Gasteiger partial charge in [0.1, 0.15) is 0 Å². The third-order valence-electron chi connectivity index (χ3n) is 2.09. The fraction of sp³-hybridized carbons (Fsp3) is 1.00. The number of aliphatic hydroxyl groups excluding tert-OH is 1. The molecule has 0 aromatic rings. The summed E-state index contributed by atoms with van der Waals surface area (Å²) in [7, 11) is 0. The molecule has 1 N–H and O–H groups in total. The van der Waals surface area contributed by atoms with Crippen LogP contribution in [0.5, 0.6) is 0 Å². The van der Waals surface area contributed by atoms with Crippen LogP contribution in [-0.2, 0) is 0 Å². The van der Waals surface area contributed by atoms with Gasteiger partial charge in [0.2, 0.25) is 0 Å². The van der Waals surface area contributed by atoms with Gasteiger partial charge in [-0.2, -0.15) is 0 Å². The van der Waals surface area contributed by atoms with Crippen LogP contribution >= 0.6 is 0 Å². The van der Waals surface area contributed by atoms with Gasteiger partial charge < -0.3 is 5.11 Å². The zero-order valence-corrected chi connectivity index (χ0v) is 13.1. The van der Waals surface area contributed by atoms with Gasteiger partial charge in [0.15, 0.2) is 0 Å². The van der Waals surface area contributed by atoms with E-state index >= 15 is 0 Å². The van der Waals surface area contributed by atoms with E-state index in [0.717, 1.165) is 0 Å². The molecule has 15 heteroatoms. The maximum atomic E-state index is 12.6. The second-order valence-electron chi connectivity index (χ2n) is 4.00. The average molecular weight is 388 g/mol. The van der Waals surface area contributed by atoms with Crippen molar-refractivity contribution < 1.29 is 62.2 Å². The minimum absolute atomic E-state index is 0.250. The molecule has 0 aliphatic carbocycles. The van der Waals surface area contributed by atoms with E-state index in [2.05, 4.69) is 0 Å². The standard InChI is InChI=1S/C6F13.C2H6O.Na/c7-1(8)2(9,10)3(11,12)4(13,14)5(15,16)6(17,18)19;1-2-3;/h;3H,2H2,1H3;. The van der Waals surface area contributed by atoms with E-state index in [0.29, 0.717) is 0 Å². The van der Waals surface area contributed by atoms with Crippen LogP contribution in [-0.4, -0.2) is 72.7 Å². The number of rotatable bonds is 4. The van der Waals surface area contributed by atoms with Gasteiger partial charge in [-0.3, -0.25) is 0 Å². The fourth-order valence-electron chi connectivity index (χ4n) is 0.848. The normalized spacial score (nSPS) is 15.2. The first-order valence-corrected chi connectivity index (χ1v) is 6.23. The van der Waals surface area contributed by atoms with Crippen LogP contribution in [0.4, 0.5) is 57.1 Å². The summed E-state index contributed by atoms with van der Waals surface area (Å²) in [6.45, 7) is 1.93. The van der Waals surface area contributed by atoms with Crippen LogP contribution in [0, 0.1) is 0 Å². The molecule has 0 radical (unpaired) electrons. The topological polar surface area (TPSA) is 20.2 Å². The Hall–Kier alpha value is 0.0500. The Morgan fingerprint density at radius 1 is 0.609 bits per heavy atom. The summed E-state index contributed by atoms with van der Waals surface area (Å²) < 4.78 is 153. The molecule has 0 fully saturated rings. The van der Waals surface area contributed by atoms with Crippen LogP contribution in [0.3, 0.4) is 0 Å². The Bertz CT molecular complexity index is 346. The number of halogens is 13. The first-order valence-electron chi connectivity index (χ1n) is 5.23. The summed E-state index contributed by atoms with van der Waals surface area (Å²) in [5.74, 6) is -30.1. The SMILES string of the molecule is CCO.FC(F)(F)C(F)(F)C(F)(F)C(F)(F)C(F)(F)[C](F)(F)[Na]. The van der Waals surface area contributed by atoms with Crippen molar-refractivity contribution in [3.8, 4) is 0 Å². The molecule has 0 atom stereocenters. The van der Waals surface area contributed by atoms with Crippen LogP contribution in [0.25, 0.3) is 0 Å². The Balaban J connectivity index is 0. The van der Waals surface area contributed by atoms with Crippen molar-refractivity contribution >= 4 is 27.9 Å². The van der Waals surface area contributed by atoms with Gasteiger partial charge in [-0.05, 0) is 6.92 Å². The molecule has 1 nitrogen and oxygen atoms in total. The summed E-state index contributed by atoms with van der Waals surface area (Å²) in [6, 6.07) is 0. The Labute approximate surface area is 137 Å². The molecule has 0 heterocycles. The Morgan fingerprint density at radius 3 is 1.00 bits per heavy atom. The summed E-state index contributed by atoms with van der Waals surface area (Å²) in [5.41, 5.74) is 0. The van der Waals surface area contributed by atoms with Crippen molar-refractivity contribution in [2.75, 3.05) is 6.61 Å². The number of aliphatic hydroxyl groups is 1. The summed E-state index contributed by atoms with van der Waals surface area (Å²) >= 11 is -2.20.